The van der Waals surface area contributed by atoms with Gasteiger partial charge in [-0.2, -0.15) is 0 Å². The van der Waals surface area contributed by atoms with Crippen molar-refractivity contribution < 1.29 is 19.3 Å². The molecule has 4 heteroatoms. The van der Waals surface area contributed by atoms with Gasteiger partial charge in [0.15, 0.2) is 11.5 Å². The second kappa shape index (κ2) is 6.31. The maximum Gasteiger partial charge on any atom is 0.203 e. The largest absolute Gasteiger partial charge is 0.493 e. The van der Waals surface area contributed by atoms with Crippen molar-refractivity contribution in [1.82, 2.24) is 0 Å². The quantitative estimate of drug-likeness (QED) is 0.874. The first-order valence-electron chi connectivity index (χ1n) is 5.70. The molecule has 1 rings (SSSR count). The van der Waals surface area contributed by atoms with E-state index in [1.807, 2.05) is 25.1 Å². The Bertz CT molecular complexity index is 436. The number of aliphatic hydroxyl groups excluding tert-OH is 1. The Morgan fingerprint density at radius 2 is 1.72 bits per heavy atom. The molecule has 1 aromatic carbocycles. The predicted octanol–water partition coefficient (Wildman–Crippen LogP) is 2.50. The third kappa shape index (κ3) is 2.96. The van der Waals surface area contributed by atoms with Crippen LogP contribution in [0.1, 0.15) is 19.4 Å². The fourth-order valence-corrected chi connectivity index (χ4v) is 1.60. The summed E-state index contributed by atoms with van der Waals surface area (Å²) in [7, 11) is 4.72. The number of aliphatic hydroxyl groups is 1. The molecule has 0 bridgehead atoms. The van der Waals surface area contributed by atoms with Gasteiger partial charge in [-0.15, -0.1) is 0 Å². The molecule has 0 spiro atoms. The summed E-state index contributed by atoms with van der Waals surface area (Å²) in [5.41, 5.74) is 1.69. The summed E-state index contributed by atoms with van der Waals surface area (Å²) in [6.07, 6.45) is 1.37. The number of benzene rings is 1. The number of methoxy groups -OCH3 is 3. The van der Waals surface area contributed by atoms with E-state index >= 15 is 0 Å². The number of ether oxygens (including phenoxy) is 3. The lowest BCUT2D eigenvalue weighted by Gasteiger charge is -2.15. The van der Waals surface area contributed by atoms with Crippen LogP contribution in [-0.4, -0.2) is 32.5 Å². The lowest BCUT2D eigenvalue weighted by molar-refractivity contribution is 0.232. The molecular weight excluding hydrogens is 232 g/mol. The molecule has 1 unspecified atom stereocenters. The summed E-state index contributed by atoms with van der Waals surface area (Å²) in [6.45, 7) is 3.58. The van der Waals surface area contributed by atoms with Gasteiger partial charge in [-0.1, -0.05) is 0 Å². The van der Waals surface area contributed by atoms with Gasteiger partial charge < -0.3 is 19.3 Å². The fraction of sp³-hybridized carbons (Fsp3) is 0.429. The highest BCUT2D eigenvalue weighted by Gasteiger charge is 2.14. The van der Waals surface area contributed by atoms with E-state index in [1.54, 1.807) is 28.3 Å². The van der Waals surface area contributed by atoms with Gasteiger partial charge >= 0.3 is 0 Å². The zero-order valence-corrected chi connectivity index (χ0v) is 11.5. The predicted molar refractivity (Wildman–Crippen MR) is 71.4 cm³/mol. The van der Waals surface area contributed by atoms with Gasteiger partial charge in [0.2, 0.25) is 5.75 Å². The van der Waals surface area contributed by atoms with Gasteiger partial charge in [-0.05, 0) is 37.6 Å². The molecule has 1 aromatic rings. The summed E-state index contributed by atoms with van der Waals surface area (Å²) in [4.78, 5) is 0. The van der Waals surface area contributed by atoms with Gasteiger partial charge in [-0.25, -0.2) is 0 Å². The fourth-order valence-electron chi connectivity index (χ4n) is 1.60. The second-order valence-electron chi connectivity index (χ2n) is 3.99. The highest BCUT2D eigenvalue weighted by Crippen LogP contribution is 2.40. The molecule has 1 N–H and O–H groups in total. The van der Waals surface area contributed by atoms with Crippen molar-refractivity contribution in [3.05, 3.63) is 23.3 Å². The lowest BCUT2D eigenvalue weighted by Crippen LogP contribution is -2.01. The van der Waals surface area contributed by atoms with Gasteiger partial charge in [0.05, 0.1) is 27.4 Å². The van der Waals surface area contributed by atoms with E-state index in [-0.39, 0.29) is 0 Å². The van der Waals surface area contributed by atoms with Crippen LogP contribution in [-0.2, 0) is 0 Å². The van der Waals surface area contributed by atoms with Crippen LogP contribution in [0, 0.1) is 0 Å². The van der Waals surface area contributed by atoms with E-state index in [9.17, 15) is 5.11 Å². The van der Waals surface area contributed by atoms with Crippen LogP contribution in [0.3, 0.4) is 0 Å². The van der Waals surface area contributed by atoms with Gasteiger partial charge in [0.1, 0.15) is 0 Å². The second-order valence-corrected chi connectivity index (χ2v) is 3.99. The third-order valence-corrected chi connectivity index (χ3v) is 2.78. The number of rotatable bonds is 5. The van der Waals surface area contributed by atoms with Crippen molar-refractivity contribution in [2.45, 2.75) is 20.0 Å². The van der Waals surface area contributed by atoms with Crippen molar-refractivity contribution in [2.24, 2.45) is 0 Å². The smallest absolute Gasteiger partial charge is 0.203 e. The van der Waals surface area contributed by atoms with Crippen molar-refractivity contribution in [3.63, 3.8) is 0 Å². The molecule has 18 heavy (non-hydrogen) atoms. The highest BCUT2D eigenvalue weighted by atomic mass is 16.5. The van der Waals surface area contributed by atoms with E-state index in [2.05, 4.69) is 0 Å². The molecule has 0 amide bonds. The summed E-state index contributed by atoms with van der Waals surface area (Å²) in [5, 5.41) is 9.51. The maximum absolute atomic E-state index is 9.51. The zero-order valence-electron chi connectivity index (χ0n) is 11.5. The van der Waals surface area contributed by atoms with Crippen molar-refractivity contribution in [2.75, 3.05) is 21.3 Å². The topological polar surface area (TPSA) is 47.9 Å². The van der Waals surface area contributed by atoms with Crippen molar-refractivity contribution in [1.29, 1.82) is 0 Å². The minimum Gasteiger partial charge on any atom is -0.493 e. The molecule has 0 fully saturated rings. The third-order valence-electron chi connectivity index (χ3n) is 2.78. The van der Waals surface area contributed by atoms with E-state index in [0.29, 0.717) is 17.2 Å². The minimum absolute atomic E-state index is 0.497. The van der Waals surface area contributed by atoms with E-state index in [4.69, 9.17) is 14.2 Å². The Labute approximate surface area is 108 Å². The zero-order chi connectivity index (χ0) is 13.7. The molecule has 0 aliphatic rings. The first-order chi connectivity index (χ1) is 8.54. The average molecular weight is 252 g/mol. The van der Waals surface area contributed by atoms with Crippen LogP contribution in [0.2, 0.25) is 0 Å². The van der Waals surface area contributed by atoms with Crippen molar-refractivity contribution >= 4 is 6.08 Å². The van der Waals surface area contributed by atoms with Crippen LogP contribution < -0.4 is 14.2 Å². The SMILES string of the molecule is COc1ccc(/C=C(/C)C(C)O)c(OC)c1OC. The molecule has 0 heterocycles. The molecule has 1 atom stereocenters. The molecular formula is C14H20O4. The molecule has 0 radical (unpaired) electrons. The summed E-state index contributed by atoms with van der Waals surface area (Å²) >= 11 is 0. The molecule has 0 saturated carbocycles. The van der Waals surface area contributed by atoms with Gasteiger partial charge in [0, 0.05) is 5.56 Å². The Balaban J connectivity index is 3.33. The average Bonchev–Trinajstić information content (AvgIpc) is 2.37. The summed E-state index contributed by atoms with van der Waals surface area (Å²) in [5.74, 6) is 1.75. The highest BCUT2D eigenvalue weighted by molar-refractivity contribution is 5.67. The van der Waals surface area contributed by atoms with E-state index < -0.39 is 6.10 Å². The molecule has 0 saturated heterocycles. The minimum atomic E-state index is -0.497. The monoisotopic (exact) mass is 252 g/mol. The van der Waals surface area contributed by atoms with Gasteiger partial charge in [0.25, 0.3) is 0 Å². The van der Waals surface area contributed by atoms with Crippen LogP contribution in [0.4, 0.5) is 0 Å². The van der Waals surface area contributed by atoms with Crippen LogP contribution in [0.25, 0.3) is 6.08 Å². The summed E-state index contributed by atoms with van der Waals surface area (Å²) < 4.78 is 15.9. The van der Waals surface area contributed by atoms with Crippen LogP contribution >= 0.6 is 0 Å². The standard InChI is InChI=1S/C14H20O4/c1-9(10(2)15)8-11-6-7-12(16-3)14(18-5)13(11)17-4/h6-8,10,15H,1-5H3/b9-8-. The maximum atomic E-state index is 9.51. The van der Waals surface area contributed by atoms with Crippen LogP contribution in [0.5, 0.6) is 17.2 Å². The van der Waals surface area contributed by atoms with Crippen LogP contribution in [0.15, 0.2) is 17.7 Å². The number of hydrogen-bond acceptors (Lipinski definition) is 4. The first kappa shape index (κ1) is 14.4. The summed E-state index contributed by atoms with van der Waals surface area (Å²) in [6, 6.07) is 3.68. The Morgan fingerprint density at radius 3 is 2.17 bits per heavy atom. The Hall–Kier alpha value is -1.68. The molecule has 4 nitrogen and oxygen atoms in total. The van der Waals surface area contributed by atoms with Gasteiger partial charge in [-0.3, -0.25) is 0 Å². The number of hydrogen-bond donors (Lipinski definition) is 1. The Kier molecular flexibility index (Phi) is 5.04. The van der Waals surface area contributed by atoms with Crippen molar-refractivity contribution in [3.8, 4) is 17.2 Å². The van der Waals surface area contributed by atoms with E-state index in [0.717, 1.165) is 11.1 Å². The Morgan fingerprint density at radius 1 is 1.11 bits per heavy atom. The molecule has 100 valence electrons. The molecule has 0 aromatic heterocycles. The first-order valence-corrected chi connectivity index (χ1v) is 5.70. The lowest BCUT2D eigenvalue weighted by atomic mass is 10.1. The molecule has 0 aliphatic carbocycles. The van der Waals surface area contributed by atoms with E-state index in [1.165, 1.54) is 0 Å². The molecule has 0 aliphatic heterocycles. The normalized spacial score (nSPS) is 13.1.